The minimum atomic E-state index is -0.613. The molecule has 0 aliphatic heterocycles. The Kier molecular flexibility index (Phi) is 3.51. The molecule has 1 rings (SSSR count). The molecule has 2 nitrogen and oxygen atoms in total. The molecule has 0 aliphatic carbocycles. The van der Waals surface area contributed by atoms with Gasteiger partial charge in [0.1, 0.15) is 0 Å². The number of benzene rings is 1. The van der Waals surface area contributed by atoms with Crippen LogP contribution >= 0.6 is 0 Å². The highest BCUT2D eigenvalue weighted by atomic mass is 16.3. The Hall–Kier alpha value is -1.12. The molecule has 0 heterocycles. The van der Waals surface area contributed by atoms with E-state index in [0.29, 0.717) is 0 Å². The van der Waals surface area contributed by atoms with Crippen LogP contribution in [0.5, 0.6) is 0 Å². The lowest BCUT2D eigenvalue weighted by Crippen LogP contribution is -1.92. The smallest absolute Gasteiger partial charge is 0.0972 e. The number of aliphatic hydroxyl groups is 2. The largest absolute Gasteiger partial charge is 0.392 e. The van der Waals surface area contributed by atoms with Crippen molar-refractivity contribution in [3.8, 4) is 0 Å². The monoisotopic (exact) mass is 164 g/mol. The van der Waals surface area contributed by atoms with E-state index in [1.54, 1.807) is 6.08 Å². The summed E-state index contributed by atoms with van der Waals surface area (Å²) in [5, 5.41) is 17.9. The van der Waals surface area contributed by atoms with Crippen molar-refractivity contribution < 1.29 is 10.2 Å². The second-order valence-corrected chi connectivity index (χ2v) is 2.47. The molecule has 0 saturated carbocycles. The Morgan fingerprint density at radius 2 is 1.92 bits per heavy atom. The first-order valence-corrected chi connectivity index (χ1v) is 3.85. The van der Waals surface area contributed by atoms with Crippen LogP contribution in [-0.4, -0.2) is 16.8 Å². The van der Waals surface area contributed by atoms with Crippen LogP contribution in [0.15, 0.2) is 42.5 Å². The van der Waals surface area contributed by atoms with Gasteiger partial charge in [0.25, 0.3) is 0 Å². The molecule has 12 heavy (non-hydrogen) atoms. The van der Waals surface area contributed by atoms with Gasteiger partial charge in [-0.05, 0) is 5.56 Å². The van der Waals surface area contributed by atoms with E-state index in [2.05, 4.69) is 0 Å². The third-order valence-corrected chi connectivity index (χ3v) is 1.56. The first kappa shape index (κ1) is 8.97. The van der Waals surface area contributed by atoms with E-state index in [9.17, 15) is 5.11 Å². The summed E-state index contributed by atoms with van der Waals surface area (Å²) in [6.45, 7) is -0.0378. The van der Waals surface area contributed by atoms with Crippen molar-refractivity contribution in [3.63, 3.8) is 0 Å². The van der Waals surface area contributed by atoms with Gasteiger partial charge < -0.3 is 10.2 Å². The molecule has 0 aromatic heterocycles. The molecule has 0 unspecified atom stereocenters. The fourth-order valence-corrected chi connectivity index (χ4v) is 0.951. The van der Waals surface area contributed by atoms with Gasteiger partial charge in [-0.1, -0.05) is 42.5 Å². The number of rotatable bonds is 3. The standard InChI is InChI=1S/C10H12O2/c11-8-4-7-10(12)9-5-2-1-3-6-9/h1-7,10-12H,8H2/b7-4+/t10-/m1/s1. The van der Waals surface area contributed by atoms with E-state index in [1.807, 2.05) is 30.3 Å². The Labute approximate surface area is 71.8 Å². The maximum absolute atomic E-state index is 9.45. The normalized spacial score (nSPS) is 13.5. The zero-order valence-electron chi connectivity index (χ0n) is 6.72. The van der Waals surface area contributed by atoms with Crippen molar-refractivity contribution >= 4 is 0 Å². The lowest BCUT2D eigenvalue weighted by atomic mass is 10.1. The SMILES string of the molecule is OC/C=C/[C@@H](O)c1ccccc1. The molecule has 0 amide bonds. The van der Waals surface area contributed by atoms with E-state index in [-0.39, 0.29) is 6.61 Å². The lowest BCUT2D eigenvalue weighted by molar-refractivity contribution is 0.227. The number of aliphatic hydroxyl groups excluding tert-OH is 2. The maximum Gasteiger partial charge on any atom is 0.0972 e. The van der Waals surface area contributed by atoms with E-state index < -0.39 is 6.10 Å². The molecule has 2 N–H and O–H groups in total. The zero-order chi connectivity index (χ0) is 8.81. The van der Waals surface area contributed by atoms with Crippen LogP contribution in [0.3, 0.4) is 0 Å². The van der Waals surface area contributed by atoms with Crippen LogP contribution in [0.2, 0.25) is 0 Å². The minimum Gasteiger partial charge on any atom is -0.392 e. The molecular weight excluding hydrogens is 152 g/mol. The summed E-state index contributed by atoms with van der Waals surface area (Å²) in [6, 6.07) is 9.31. The van der Waals surface area contributed by atoms with Gasteiger partial charge in [-0.3, -0.25) is 0 Å². The molecule has 0 bridgehead atoms. The fourth-order valence-electron chi connectivity index (χ4n) is 0.951. The maximum atomic E-state index is 9.45. The molecule has 64 valence electrons. The van der Waals surface area contributed by atoms with Crippen LogP contribution in [0.1, 0.15) is 11.7 Å². The van der Waals surface area contributed by atoms with E-state index in [4.69, 9.17) is 5.11 Å². The lowest BCUT2D eigenvalue weighted by Gasteiger charge is -2.03. The molecular formula is C10H12O2. The van der Waals surface area contributed by atoms with Crippen LogP contribution in [0, 0.1) is 0 Å². The van der Waals surface area contributed by atoms with E-state index in [1.165, 1.54) is 6.08 Å². The highest BCUT2D eigenvalue weighted by molar-refractivity contribution is 5.20. The zero-order valence-corrected chi connectivity index (χ0v) is 6.72. The molecule has 0 saturated heterocycles. The second-order valence-electron chi connectivity index (χ2n) is 2.47. The quantitative estimate of drug-likeness (QED) is 0.660. The van der Waals surface area contributed by atoms with E-state index in [0.717, 1.165) is 5.56 Å². The molecule has 2 heteroatoms. The van der Waals surface area contributed by atoms with Gasteiger partial charge in [0, 0.05) is 0 Å². The average molecular weight is 164 g/mol. The molecule has 1 aromatic rings. The summed E-state index contributed by atoms with van der Waals surface area (Å²) in [5.41, 5.74) is 0.835. The summed E-state index contributed by atoms with van der Waals surface area (Å²) in [7, 11) is 0. The van der Waals surface area contributed by atoms with Crippen molar-refractivity contribution in [1.82, 2.24) is 0 Å². The second kappa shape index (κ2) is 4.70. The fraction of sp³-hybridized carbons (Fsp3) is 0.200. The van der Waals surface area contributed by atoms with Gasteiger partial charge in [0.05, 0.1) is 12.7 Å². The first-order valence-electron chi connectivity index (χ1n) is 3.85. The van der Waals surface area contributed by atoms with Crippen LogP contribution in [0.25, 0.3) is 0 Å². The third-order valence-electron chi connectivity index (χ3n) is 1.56. The minimum absolute atomic E-state index is 0.0378. The summed E-state index contributed by atoms with van der Waals surface area (Å²) in [4.78, 5) is 0. The Morgan fingerprint density at radius 3 is 2.50 bits per heavy atom. The summed E-state index contributed by atoms with van der Waals surface area (Å²) < 4.78 is 0. The first-order chi connectivity index (χ1) is 5.84. The van der Waals surface area contributed by atoms with Crippen molar-refractivity contribution in [2.24, 2.45) is 0 Å². The molecule has 0 radical (unpaired) electrons. The topological polar surface area (TPSA) is 40.5 Å². The van der Waals surface area contributed by atoms with Gasteiger partial charge >= 0.3 is 0 Å². The van der Waals surface area contributed by atoms with Crippen LogP contribution in [0.4, 0.5) is 0 Å². The number of hydrogen-bond acceptors (Lipinski definition) is 2. The number of hydrogen-bond donors (Lipinski definition) is 2. The van der Waals surface area contributed by atoms with Crippen molar-refractivity contribution in [3.05, 3.63) is 48.0 Å². The predicted molar refractivity (Wildman–Crippen MR) is 47.6 cm³/mol. The Bertz CT molecular complexity index is 241. The van der Waals surface area contributed by atoms with Gasteiger partial charge in [-0.15, -0.1) is 0 Å². The summed E-state index contributed by atoms with van der Waals surface area (Å²) in [6.07, 6.45) is 2.48. The molecule has 0 fully saturated rings. The Morgan fingerprint density at radius 1 is 1.25 bits per heavy atom. The third kappa shape index (κ3) is 2.49. The van der Waals surface area contributed by atoms with E-state index >= 15 is 0 Å². The highest BCUT2D eigenvalue weighted by Crippen LogP contribution is 2.12. The average Bonchev–Trinajstić information content (AvgIpc) is 2.15. The van der Waals surface area contributed by atoms with Gasteiger partial charge in [0.2, 0.25) is 0 Å². The molecule has 1 atom stereocenters. The van der Waals surface area contributed by atoms with Gasteiger partial charge in [-0.2, -0.15) is 0 Å². The summed E-state index contributed by atoms with van der Waals surface area (Å²) in [5.74, 6) is 0. The van der Waals surface area contributed by atoms with Gasteiger partial charge in [-0.25, -0.2) is 0 Å². The predicted octanol–water partition coefficient (Wildman–Crippen LogP) is 1.27. The highest BCUT2D eigenvalue weighted by Gasteiger charge is 1.99. The molecule has 1 aromatic carbocycles. The van der Waals surface area contributed by atoms with Crippen molar-refractivity contribution in [2.45, 2.75) is 6.10 Å². The van der Waals surface area contributed by atoms with Crippen molar-refractivity contribution in [1.29, 1.82) is 0 Å². The molecule has 0 aliphatic rings. The van der Waals surface area contributed by atoms with Crippen LogP contribution in [-0.2, 0) is 0 Å². The molecule has 0 spiro atoms. The summed E-state index contributed by atoms with van der Waals surface area (Å²) >= 11 is 0. The van der Waals surface area contributed by atoms with Gasteiger partial charge in [0.15, 0.2) is 0 Å². The van der Waals surface area contributed by atoms with Crippen molar-refractivity contribution in [2.75, 3.05) is 6.61 Å². The van der Waals surface area contributed by atoms with Crippen LogP contribution < -0.4 is 0 Å². The Balaban J connectivity index is 2.65.